The minimum Gasteiger partial charge on any atom is -0.317 e. The first-order chi connectivity index (χ1) is 8.79. The largest absolute Gasteiger partial charge is 0.317 e. The molecule has 1 aromatic carbocycles. The van der Waals surface area contributed by atoms with Gasteiger partial charge in [0.2, 0.25) is 0 Å². The van der Waals surface area contributed by atoms with Crippen LogP contribution in [0.4, 0.5) is 4.39 Å². The first-order valence-corrected chi connectivity index (χ1v) is 6.66. The van der Waals surface area contributed by atoms with E-state index in [-0.39, 0.29) is 5.82 Å². The Bertz CT molecular complexity index is 555. The maximum Gasteiger partial charge on any atom is 0.124 e. The van der Waals surface area contributed by atoms with Gasteiger partial charge in [0.05, 0.1) is 11.2 Å². The van der Waals surface area contributed by atoms with Crippen molar-refractivity contribution in [3.8, 4) is 0 Å². The second-order valence-electron chi connectivity index (χ2n) is 4.89. The molecule has 1 fully saturated rings. The number of rotatable bonds is 2. The van der Waals surface area contributed by atoms with Gasteiger partial charge in [0, 0.05) is 17.8 Å². The number of aryl methyl sites for hydroxylation is 1. The van der Waals surface area contributed by atoms with Gasteiger partial charge in [-0.2, -0.15) is 5.10 Å². The number of fused-ring (bicyclic) bond motifs is 1. The monoisotopic (exact) mass is 247 g/mol. The van der Waals surface area contributed by atoms with Gasteiger partial charge in [-0.25, -0.2) is 4.39 Å². The van der Waals surface area contributed by atoms with Crippen LogP contribution in [0.3, 0.4) is 0 Å². The molecule has 0 spiro atoms. The van der Waals surface area contributed by atoms with Gasteiger partial charge in [-0.3, -0.25) is 4.68 Å². The molecule has 1 aliphatic rings. The van der Waals surface area contributed by atoms with Crippen LogP contribution in [-0.4, -0.2) is 22.9 Å². The van der Waals surface area contributed by atoms with Crippen molar-refractivity contribution in [2.24, 2.45) is 0 Å². The Kier molecular flexibility index (Phi) is 3.04. The van der Waals surface area contributed by atoms with Crippen LogP contribution < -0.4 is 5.32 Å². The molecule has 1 aliphatic heterocycles. The SMILES string of the molecule is CCn1nc(C2CCNCC2)c2cc(F)ccc21. The molecule has 96 valence electrons. The van der Waals surface area contributed by atoms with Gasteiger partial charge in [-0.05, 0) is 51.1 Å². The number of hydrogen-bond acceptors (Lipinski definition) is 2. The van der Waals surface area contributed by atoms with Crippen LogP contribution in [0, 0.1) is 5.82 Å². The average Bonchev–Trinajstić information content (AvgIpc) is 2.77. The van der Waals surface area contributed by atoms with Crippen molar-refractivity contribution in [2.45, 2.75) is 32.2 Å². The normalized spacial score (nSPS) is 17.4. The zero-order valence-electron chi connectivity index (χ0n) is 10.6. The van der Waals surface area contributed by atoms with Crippen molar-refractivity contribution >= 4 is 10.9 Å². The third kappa shape index (κ3) is 1.90. The molecule has 2 aromatic rings. The summed E-state index contributed by atoms with van der Waals surface area (Å²) in [6.45, 7) is 4.95. The summed E-state index contributed by atoms with van der Waals surface area (Å²) in [5, 5.41) is 9.04. The van der Waals surface area contributed by atoms with Crippen LogP contribution in [-0.2, 0) is 6.54 Å². The molecular formula is C14H18FN3. The fourth-order valence-electron chi connectivity index (χ4n) is 2.81. The lowest BCUT2D eigenvalue weighted by Crippen LogP contribution is -2.27. The van der Waals surface area contributed by atoms with Crippen molar-refractivity contribution in [3.05, 3.63) is 29.7 Å². The number of hydrogen-bond donors (Lipinski definition) is 1. The lowest BCUT2D eigenvalue weighted by Gasteiger charge is -2.21. The fraction of sp³-hybridized carbons (Fsp3) is 0.500. The third-order valence-electron chi connectivity index (χ3n) is 3.77. The summed E-state index contributed by atoms with van der Waals surface area (Å²) in [5.41, 5.74) is 2.13. The highest BCUT2D eigenvalue weighted by Crippen LogP contribution is 2.31. The predicted molar refractivity (Wildman–Crippen MR) is 70.2 cm³/mol. The summed E-state index contributed by atoms with van der Waals surface area (Å²) in [4.78, 5) is 0. The lowest BCUT2D eigenvalue weighted by molar-refractivity contribution is 0.450. The molecule has 1 aromatic heterocycles. The van der Waals surface area contributed by atoms with Crippen molar-refractivity contribution in [2.75, 3.05) is 13.1 Å². The van der Waals surface area contributed by atoms with E-state index in [4.69, 9.17) is 5.10 Å². The van der Waals surface area contributed by atoms with E-state index in [1.807, 2.05) is 10.7 Å². The maximum absolute atomic E-state index is 13.4. The molecular weight excluding hydrogens is 229 g/mol. The molecule has 0 bridgehead atoms. The first kappa shape index (κ1) is 11.7. The summed E-state index contributed by atoms with van der Waals surface area (Å²) in [6.07, 6.45) is 2.18. The molecule has 18 heavy (non-hydrogen) atoms. The number of piperidine rings is 1. The zero-order valence-corrected chi connectivity index (χ0v) is 10.6. The zero-order chi connectivity index (χ0) is 12.5. The first-order valence-electron chi connectivity index (χ1n) is 6.66. The Hall–Kier alpha value is -1.42. The van der Waals surface area contributed by atoms with Crippen LogP contribution in [0.5, 0.6) is 0 Å². The molecule has 0 aliphatic carbocycles. The number of benzene rings is 1. The summed E-state index contributed by atoms with van der Waals surface area (Å²) >= 11 is 0. The number of nitrogens with zero attached hydrogens (tertiary/aromatic N) is 2. The van der Waals surface area contributed by atoms with Gasteiger partial charge >= 0.3 is 0 Å². The average molecular weight is 247 g/mol. The minimum atomic E-state index is -0.173. The highest BCUT2D eigenvalue weighted by atomic mass is 19.1. The fourth-order valence-corrected chi connectivity index (χ4v) is 2.81. The van der Waals surface area contributed by atoms with E-state index in [2.05, 4.69) is 12.2 Å². The van der Waals surface area contributed by atoms with Crippen molar-refractivity contribution < 1.29 is 4.39 Å². The van der Waals surface area contributed by atoms with Gasteiger partial charge < -0.3 is 5.32 Å². The van der Waals surface area contributed by atoms with Crippen LogP contribution in [0.15, 0.2) is 18.2 Å². The molecule has 0 unspecified atom stereocenters. The van der Waals surface area contributed by atoms with E-state index >= 15 is 0 Å². The van der Waals surface area contributed by atoms with Crippen molar-refractivity contribution in [1.82, 2.24) is 15.1 Å². The van der Waals surface area contributed by atoms with Gasteiger partial charge in [-0.15, -0.1) is 0 Å². The molecule has 0 atom stereocenters. The smallest absolute Gasteiger partial charge is 0.124 e. The van der Waals surface area contributed by atoms with E-state index in [1.165, 1.54) is 6.07 Å². The van der Waals surface area contributed by atoms with E-state index in [1.54, 1.807) is 6.07 Å². The summed E-state index contributed by atoms with van der Waals surface area (Å²) < 4.78 is 15.4. The Morgan fingerprint density at radius 3 is 2.89 bits per heavy atom. The number of nitrogens with one attached hydrogen (secondary N) is 1. The maximum atomic E-state index is 13.4. The molecule has 0 saturated carbocycles. The highest BCUT2D eigenvalue weighted by molar-refractivity contribution is 5.82. The molecule has 3 rings (SSSR count). The summed E-state index contributed by atoms with van der Waals surface area (Å²) in [5.74, 6) is 0.289. The van der Waals surface area contributed by atoms with E-state index in [9.17, 15) is 4.39 Å². The standard InChI is InChI=1S/C14H18FN3/c1-2-18-13-4-3-11(15)9-12(13)14(17-18)10-5-7-16-8-6-10/h3-4,9-10,16H,2,5-8H2,1H3. The Balaban J connectivity index is 2.12. The molecule has 4 heteroatoms. The predicted octanol–water partition coefficient (Wildman–Crippen LogP) is 2.66. The number of aromatic nitrogens is 2. The second-order valence-corrected chi connectivity index (χ2v) is 4.89. The van der Waals surface area contributed by atoms with Gasteiger partial charge in [0.1, 0.15) is 5.82 Å². The third-order valence-corrected chi connectivity index (χ3v) is 3.77. The van der Waals surface area contributed by atoms with Gasteiger partial charge in [-0.1, -0.05) is 0 Å². The van der Waals surface area contributed by atoms with Crippen LogP contribution >= 0.6 is 0 Å². The second kappa shape index (κ2) is 4.69. The number of halogens is 1. The highest BCUT2D eigenvalue weighted by Gasteiger charge is 2.21. The summed E-state index contributed by atoms with van der Waals surface area (Å²) in [7, 11) is 0. The van der Waals surface area contributed by atoms with Crippen LogP contribution in [0.1, 0.15) is 31.4 Å². The molecule has 3 nitrogen and oxygen atoms in total. The summed E-state index contributed by atoms with van der Waals surface area (Å²) in [6, 6.07) is 4.99. The topological polar surface area (TPSA) is 29.9 Å². The molecule has 2 heterocycles. The van der Waals surface area contributed by atoms with E-state index in [0.29, 0.717) is 5.92 Å². The molecule has 1 saturated heterocycles. The van der Waals surface area contributed by atoms with Crippen molar-refractivity contribution in [1.29, 1.82) is 0 Å². The lowest BCUT2D eigenvalue weighted by atomic mass is 9.92. The molecule has 0 radical (unpaired) electrons. The van der Waals surface area contributed by atoms with Gasteiger partial charge in [0.25, 0.3) is 0 Å². The van der Waals surface area contributed by atoms with Crippen LogP contribution in [0.25, 0.3) is 10.9 Å². The van der Waals surface area contributed by atoms with E-state index in [0.717, 1.165) is 49.1 Å². The minimum absolute atomic E-state index is 0.173. The molecule has 1 N–H and O–H groups in total. The van der Waals surface area contributed by atoms with Gasteiger partial charge in [0.15, 0.2) is 0 Å². The molecule has 0 amide bonds. The van der Waals surface area contributed by atoms with Crippen molar-refractivity contribution in [3.63, 3.8) is 0 Å². The Morgan fingerprint density at radius 2 is 2.17 bits per heavy atom. The van der Waals surface area contributed by atoms with Crippen LogP contribution in [0.2, 0.25) is 0 Å². The Labute approximate surface area is 106 Å². The van der Waals surface area contributed by atoms with E-state index < -0.39 is 0 Å². The quantitative estimate of drug-likeness (QED) is 0.884. The Morgan fingerprint density at radius 1 is 1.39 bits per heavy atom.